The molecule has 0 unspecified atom stereocenters. The molecule has 4 nitrogen and oxygen atoms in total. The SMILES string of the molecule is CONC(C)=CN(C)C(=O)C(Cl)Cl. The standard InChI is InChI=1S/C7H12Cl2N2O2/c1-5(10-13-3)4-11(2)7(12)6(8)9/h4,6,10H,1-3H3. The maximum atomic E-state index is 11.1. The molecular weight excluding hydrogens is 215 g/mol. The molecule has 1 amide bonds. The van der Waals surface area contributed by atoms with Gasteiger partial charge >= 0.3 is 0 Å². The van der Waals surface area contributed by atoms with Gasteiger partial charge in [-0.1, -0.05) is 23.2 Å². The molecule has 0 aliphatic rings. The third kappa shape index (κ3) is 4.98. The number of allylic oxidation sites excluding steroid dienone is 1. The van der Waals surface area contributed by atoms with Gasteiger partial charge in [-0.05, 0) is 6.92 Å². The molecule has 0 heterocycles. The molecule has 0 aromatic rings. The Hall–Kier alpha value is -0.450. The number of halogens is 2. The van der Waals surface area contributed by atoms with E-state index in [9.17, 15) is 4.79 Å². The largest absolute Gasteiger partial charge is 0.318 e. The van der Waals surface area contributed by atoms with Crippen molar-refractivity contribution in [3.8, 4) is 0 Å². The molecule has 1 N–H and O–H groups in total. The van der Waals surface area contributed by atoms with Crippen molar-refractivity contribution in [3.63, 3.8) is 0 Å². The second-order valence-electron chi connectivity index (χ2n) is 2.37. The van der Waals surface area contributed by atoms with Crippen molar-refractivity contribution in [1.29, 1.82) is 0 Å². The molecule has 76 valence electrons. The summed E-state index contributed by atoms with van der Waals surface area (Å²) < 4.78 is 0. The fourth-order valence-electron chi connectivity index (χ4n) is 0.695. The van der Waals surface area contributed by atoms with Crippen molar-refractivity contribution in [1.82, 2.24) is 10.4 Å². The number of rotatable bonds is 4. The van der Waals surface area contributed by atoms with Crippen LogP contribution in [0.25, 0.3) is 0 Å². The van der Waals surface area contributed by atoms with E-state index in [0.29, 0.717) is 5.70 Å². The lowest BCUT2D eigenvalue weighted by atomic mass is 10.5. The van der Waals surface area contributed by atoms with Crippen LogP contribution in [0.5, 0.6) is 0 Å². The van der Waals surface area contributed by atoms with Crippen LogP contribution < -0.4 is 5.48 Å². The van der Waals surface area contributed by atoms with Crippen LogP contribution in [0, 0.1) is 0 Å². The van der Waals surface area contributed by atoms with Gasteiger partial charge in [-0.3, -0.25) is 15.1 Å². The molecule has 0 aromatic heterocycles. The Kier molecular flexibility index (Phi) is 5.86. The summed E-state index contributed by atoms with van der Waals surface area (Å²) in [7, 11) is 3.03. The van der Waals surface area contributed by atoms with Gasteiger partial charge in [-0.2, -0.15) is 0 Å². The van der Waals surface area contributed by atoms with E-state index in [-0.39, 0.29) is 5.91 Å². The summed E-state index contributed by atoms with van der Waals surface area (Å²) in [6.45, 7) is 1.74. The fourth-order valence-corrected chi connectivity index (χ4v) is 1.00. The first-order chi connectivity index (χ1) is 5.99. The minimum Gasteiger partial charge on any atom is -0.318 e. The zero-order chi connectivity index (χ0) is 10.4. The number of alkyl halides is 2. The average Bonchev–Trinajstić information content (AvgIpc) is 2.03. The van der Waals surface area contributed by atoms with Gasteiger partial charge in [0, 0.05) is 13.2 Å². The number of carbonyl (C=O) groups excluding carboxylic acids is 1. The highest BCUT2D eigenvalue weighted by Crippen LogP contribution is 2.06. The van der Waals surface area contributed by atoms with Gasteiger partial charge in [-0.15, -0.1) is 0 Å². The number of nitrogens with zero attached hydrogens (tertiary/aromatic N) is 1. The summed E-state index contributed by atoms with van der Waals surface area (Å²) in [5.74, 6) is -0.388. The van der Waals surface area contributed by atoms with Gasteiger partial charge in [0.25, 0.3) is 5.91 Å². The average molecular weight is 227 g/mol. The maximum absolute atomic E-state index is 11.1. The zero-order valence-corrected chi connectivity index (χ0v) is 9.19. The van der Waals surface area contributed by atoms with E-state index in [1.165, 1.54) is 18.2 Å². The second kappa shape index (κ2) is 6.07. The molecule has 0 aliphatic heterocycles. The number of hydrogen-bond acceptors (Lipinski definition) is 3. The quantitative estimate of drug-likeness (QED) is 0.580. The molecule has 0 bridgehead atoms. The molecule has 6 heteroatoms. The summed E-state index contributed by atoms with van der Waals surface area (Å²) in [6.07, 6.45) is 1.53. The highest BCUT2D eigenvalue weighted by molar-refractivity contribution is 6.53. The monoisotopic (exact) mass is 226 g/mol. The topological polar surface area (TPSA) is 41.6 Å². The zero-order valence-electron chi connectivity index (χ0n) is 7.67. The van der Waals surface area contributed by atoms with Crippen LogP contribution >= 0.6 is 23.2 Å². The van der Waals surface area contributed by atoms with Crippen LogP contribution in [-0.2, 0) is 9.63 Å². The fraction of sp³-hybridized carbons (Fsp3) is 0.571. The normalized spacial score (nSPS) is 11.7. The Labute approximate surface area is 87.4 Å². The summed E-state index contributed by atoms with van der Waals surface area (Å²) in [6, 6.07) is 0. The first kappa shape index (κ1) is 12.6. The van der Waals surface area contributed by atoms with Crippen molar-refractivity contribution < 1.29 is 9.63 Å². The van der Waals surface area contributed by atoms with E-state index < -0.39 is 4.84 Å². The Morgan fingerprint density at radius 3 is 2.54 bits per heavy atom. The Bertz CT molecular complexity index is 207. The van der Waals surface area contributed by atoms with Gasteiger partial charge in [-0.25, -0.2) is 0 Å². The highest BCUT2D eigenvalue weighted by Gasteiger charge is 2.14. The minimum absolute atomic E-state index is 0.388. The lowest BCUT2D eigenvalue weighted by Crippen LogP contribution is -2.27. The van der Waals surface area contributed by atoms with Crippen molar-refractivity contribution in [2.45, 2.75) is 11.8 Å². The molecule has 0 saturated heterocycles. The Morgan fingerprint density at radius 1 is 1.62 bits per heavy atom. The van der Waals surface area contributed by atoms with Gasteiger partial charge in [0.1, 0.15) is 0 Å². The first-order valence-electron chi connectivity index (χ1n) is 3.51. The van der Waals surface area contributed by atoms with Crippen molar-refractivity contribution >= 4 is 29.1 Å². The molecule has 0 rings (SSSR count). The van der Waals surface area contributed by atoms with E-state index in [1.54, 1.807) is 14.0 Å². The molecule has 0 radical (unpaired) electrons. The second-order valence-corrected chi connectivity index (χ2v) is 3.46. The third-order valence-electron chi connectivity index (χ3n) is 1.18. The van der Waals surface area contributed by atoms with Gasteiger partial charge in [0.15, 0.2) is 4.84 Å². The van der Waals surface area contributed by atoms with Crippen LogP contribution in [0.2, 0.25) is 0 Å². The van der Waals surface area contributed by atoms with E-state index in [4.69, 9.17) is 23.2 Å². The first-order valence-corrected chi connectivity index (χ1v) is 4.38. The number of carbonyl (C=O) groups is 1. The summed E-state index contributed by atoms with van der Waals surface area (Å²) in [5, 5.41) is 0. The van der Waals surface area contributed by atoms with Crippen LogP contribution in [-0.4, -0.2) is 29.8 Å². The maximum Gasteiger partial charge on any atom is 0.259 e. The van der Waals surface area contributed by atoms with Crippen molar-refractivity contribution in [3.05, 3.63) is 11.9 Å². The van der Waals surface area contributed by atoms with Gasteiger partial charge in [0.2, 0.25) is 0 Å². The van der Waals surface area contributed by atoms with Gasteiger partial charge in [0.05, 0.1) is 12.8 Å². The van der Waals surface area contributed by atoms with Gasteiger partial charge < -0.3 is 4.90 Å². The van der Waals surface area contributed by atoms with E-state index in [1.807, 2.05) is 0 Å². The number of hydrogen-bond donors (Lipinski definition) is 1. The van der Waals surface area contributed by atoms with Crippen LogP contribution in [0.15, 0.2) is 11.9 Å². The number of amides is 1. The highest BCUT2D eigenvalue weighted by atomic mass is 35.5. The predicted molar refractivity (Wildman–Crippen MR) is 52.2 cm³/mol. The number of nitrogens with one attached hydrogen (secondary N) is 1. The summed E-state index contributed by atoms with van der Waals surface area (Å²) in [5.41, 5.74) is 3.22. The van der Waals surface area contributed by atoms with Crippen LogP contribution in [0.1, 0.15) is 6.92 Å². The molecule has 0 atom stereocenters. The lowest BCUT2D eigenvalue weighted by Gasteiger charge is -2.14. The lowest BCUT2D eigenvalue weighted by molar-refractivity contribution is -0.125. The summed E-state index contributed by atoms with van der Waals surface area (Å²) in [4.78, 5) is 16.0. The molecule has 0 fully saturated rings. The molecule has 0 spiro atoms. The van der Waals surface area contributed by atoms with Crippen LogP contribution in [0.4, 0.5) is 0 Å². The minimum atomic E-state index is -1.04. The molecule has 0 aliphatic carbocycles. The van der Waals surface area contributed by atoms with Crippen molar-refractivity contribution in [2.75, 3.05) is 14.2 Å². The predicted octanol–water partition coefficient (Wildman–Crippen LogP) is 1.26. The Morgan fingerprint density at radius 2 is 2.15 bits per heavy atom. The van der Waals surface area contributed by atoms with E-state index in [0.717, 1.165) is 0 Å². The van der Waals surface area contributed by atoms with Crippen molar-refractivity contribution in [2.24, 2.45) is 0 Å². The Balaban J connectivity index is 4.19. The summed E-state index contributed by atoms with van der Waals surface area (Å²) >= 11 is 10.8. The third-order valence-corrected chi connectivity index (χ3v) is 1.56. The molecular formula is C7H12Cl2N2O2. The van der Waals surface area contributed by atoms with Crippen LogP contribution in [0.3, 0.4) is 0 Å². The molecule has 0 aromatic carbocycles. The smallest absolute Gasteiger partial charge is 0.259 e. The number of hydroxylamine groups is 1. The van der Waals surface area contributed by atoms with E-state index in [2.05, 4.69) is 10.3 Å². The molecule has 0 saturated carbocycles. The van der Waals surface area contributed by atoms with E-state index >= 15 is 0 Å². The molecule has 13 heavy (non-hydrogen) atoms.